The molecular weight excluding hydrogens is 278 g/mol. The van der Waals surface area contributed by atoms with E-state index in [0.717, 1.165) is 16.8 Å². The Kier molecular flexibility index (Phi) is 4.10. The Morgan fingerprint density at radius 1 is 1.29 bits per heavy atom. The van der Waals surface area contributed by atoms with Crippen molar-refractivity contribution in [2.75, 3.05) is 13.7 Å². The molecule has 1 aliphatic carbocycles. The fourth-order valence-electron chi connectivity index (χ4n) is 2.84. The maximum atomic E-state index is 6.04. The minimum atomic E-state index is 0.188. The van der Waals surface area contributed by atoms with Crippen LogP contribution in [0.3, 0.4) is 0 Å². The predicted molar refractivity (Wildman–Crippen MR) is 74.5 cm³/mol. The van der Waals surface area contributed by atoms with Crippen LogP contribution in [-0.2, 0) is 5.41 Å². The van der Waals surface area contributed by atoms with Gasteiger partial charge in [-0.05, 0) is 46.5 Å². The number of halogens is 1. The van der Waals surface area contributed by atoms with Crippen LogP contribution in [0.4, 0.5) is 0 Å². The third kappa shape index (κ3) is 2.50. The van der Waals surface area contributed by atoms with Gasteiger partial charge in [0.05, 0.1) is 11.6 Å². The van der Waals surface area contributed by atoms with Gasteiger partial charge in [-0.2, -0.15) is 0 Å². The summed E-state index contributed by atoms with van der Waals surface area (Å²) in [7, 11) is 1.69. The topological polar surface area (TPSA) is 35.2 Å². The molecule has 2 rings (SSSR count). The van der Waals surface area contributed by atoms with Crippen molar-refractivity contribution in [3.05, 3.63) is 28.2 Å². The Labute approximate surface area is 112 Å². The molecule has 0 atom stereocenters. The zero-order valence-electron chi connectivity index (χ0n) is 10.3. The van der Waals surface area contributed by atoms with E-state index in [0.29, 0.717) is 0 Å². The van der Waals surface area contributed by atoms with E-state index in [1.165, 1.54) is 37.7 Å². The van der Waals surface area contributed by atoms with E-state index in [1.54, 1.807) is 7.11 Å². The monoisotopic (exact) mass is 297 g/mol. The molecular formula is C14H20BrNO. The van der Waals surface area contributed by atoms with E-state index in [2.05, 4.69) is 28.1 Å². The zero-order valence-corrected chi connectivity index (χ0v) is 11.9. The van der Waals surface area contributed by atoms with Crippen LogP contribution < -0.4 is 10.5 Å². The maximum absolute atomic E-state index is 6.04. The lowest BCUT2D eigenvalue weighted by atomic mass is 9.69. The first-order valence-electron chi connectivity index (χ1n) is 6.26. The van der Waals surface area contributed by atoms with Crippen molar-refractivity contribution in [1.29, 1.82) is 0 Å². The molecule has 3 heteroatoms. The van der Waals surface area contributed by atoms with Crippen molar-refractivity contribution in [1.82, 2.24) is 0 Å². The molecule has 94 valence electrons. The number of hydrogen-bond donors (Lipinski definition) is 1. The summed E-state index contributed by atoms with van der Waals surface area (Å²) >= 11 is 3.56. The number of methoxy groups -OCH3 is 1. The molecule has 17 heavy (non-hydrogen) atoms. The lowest BCUT2D eigenvalue weighted by Gasteiger charge is -2.37. The number of ether oxygens (including phenoxy) is 1. The van der Waals surface area contributed by atoms with Crippen molar-refractivity contribution in [3.8, 4) is 5.75 Å². The molecule has 0 amide bonds. The van der Waals surface area contributed by atoms with Crippen molar-refractivity contribution in [2.45, 2.75) is 37.5 Å². The standard InChI is InChI=1S/C14H20BrNO/c1-17-13-6-5-11(9-12(13)15)14(10-16)7-3-2-4-8-14/h5-6,9H,2-4,7-8,10,16H2,1H3. The highest BCUT2D eigenvalue weighted by molar-refractivity contribution is 9.10. The summed E-state index contributed by atoms with van der Waals surface area (Å²) in [5, 5.41) is 0. The van der Waals surface area contributed by atoms with E-state index >= 15 is 0 Å². The molecule has 0 heterocycles. The third-order valence-electron chi connectivity index (χ3n) is 3.97. The van der Waals surface area contributed by atoms with Gasteiger partial charge in [0.15, 0.2) is 0 Å². The molecule has 1 aliphatic rings. The maximum Gasteiger partial charge on any atom is 0.133 e. The third-order valence-corrected chi connectivity index (χ3v) is 4.59. The fraction of sp³-hybridized carbons (Fsp3) is 0.571. The van der Waals surface area contributed by atoms with Crippen LogP contribution in [0, 0.1) is 0 Å². The van der Waals surface area contributed by atoms with Crippen LogP contribution >= 0.6 is 15.9 Å². The molecule has 0 aromatic heterocycles. The summed E-state index contributed by atoms with van der Waals surface area (Å²) in [5.74, 6) is 0.886. The van der Waals surface area contributed by atoms with Crippen molar-refractivity contribution in [2.24, 2.45) is 5.73 Å². The van der Waals surface area contributed by atoms with Gasteiger partial charge in [-0.25, -0.2) is 0 Å². The van der Waals surface area contributed by atoms with Gasteiger partial charge in [0.2, 0.25) is 0 Å². The molecule has 0 bridgehead atoms. The number of nitrogens with two attached hydrogens (primary N) is 1. The van der Waals surface area contributed by atoms with Crippen LogP contribution in [0.25, 0.3) is 0 Å². The lowest BCUT2D eigenvalue weighted by molar-refractivity contribution is 0.300. The second-order valence-electron chi connectivity index (χ2n) is 4.89. The van der Waals surface area contributed by atoms with Crippen LogP contribution in [-0.4, -0.2) is 13.7 Å². The smallest absolute Gasteiger partial charge is 0.133 e. The molecule has 0 radical (unpaired) electrons. The van der Waals surface area contributed by atoms with Gasteiger partial charge in [0.1, 0.15) is 5.75 Å². The van der Waals surface area contributed by atoms with E-state index in [4.69, 9.17) is 10.5 Å². The first kappa shape index (κ1) is 12.9. The normalized spacial score (nSPS) is 19.0. The van der Waals surface area contributed by atoms with Gasteiger partial charge in [0, 0.05) is 12.0 Å². The minimum absolute atomic E-state index is 0.188. The highest BCUT2D eigenvalue weighted by Gasteiger charge is 2.32. The Morgan fingerprint density at radius 2 is 2.00 bits per heavy atom. The highest BCUT2D eigenvalue weighted by Crippen LogP contribution is 2.40. The van der Waals surface area contributed by atoms with Crippen LogP contribution in [0.2, 0.25) is 0 Å². The van der Waals surface area contributed by atoms with Gasteiger partial charge >= 0.3 is 0 Å². The Balaban J connectivity index is 2.33. The van der Waals surface area contributed by atoms with E-state index < -0.39 is 0 Å². The predicted octanol–water partition coefficient (Wildman–Crippen LogP) is 3.62. The zero-order chi connectivity index (χ0) is 12.3. The summed E-state index contributed by atoms with van der Waals surface area (Å²) in [5.41, 5.74) is 7.59. The van der Waals surface area contributed by atoms with Gasteiger partial charge < -0.3 is 10.5 Å². The van der Waals surface area contributed by atoms with Crippen LogP contribution in [0.15, 0.2) is 22.7 Å². The van der Waals surface area contributed by atoms with Crippen LogP contribution in [0.5, 0.6) is 5.75 Å². The molecule has 1 aromatic carbocycles. The van der Waals surface area contributed by atoms with E-state index in [1.807, 2.05) is 6.07 Å². The van der Waals surface area contributed by atoms with Gasteiger partial charge in [-0.1, -0.05) is 25.3 Å². The molecule has 0 aliphatic heterocycles. The van der Waals surface area contributed by atoms with E-state index in [-0.39, 0.29) is 5.41 Å². The van der Waals surface area contributed by atoms with Crippen molar-refractivity contribution >= 4 is 15.9 Å². The summed E-state index contributed by atoms with van der Waals surface area (Å²) in [6.07, 6.45) is 6.35. The molecule has 1 saturated carbocycles. The summed E-state index contributed by atoms with van der Waals surface area (Å²) in [6.45, 7) is 0.742. The molecule has 0 unspecified atom stereocenters. The van der Waals surface area contributed by atoms with Gasteiger partial charge in [-0.15, -0.1) is 0 Å². The second kappa shape index (κ2) is 5.40. The molecule has 1 fully saturated rings. The number of benzene rings is 1. The SMILES string of the molecule is COc1ccc(C2(CN)CCCCC2)cc1Br. The van der Waals surface area contributed by atoms with Gasteiger partial charge in [0.25, 0.3) is 0 Å². The summed E-state index contributed by atoms with van der Waals surface area (Å²) in [6, 6.07) is 6.38. The lowest BCUT2D eigenvalue weighted by Crippen LogP contribution is -2.37. The average molecular weight is 298 g/mol. The number of rotatable bonds is 3. The molecule has 1 aromatic rings. The Hall–Kier alpha value is -0.540. The highest BCUT2D eigenvalue weighted by atomic mass is 79.9. The average Bonchev–Trinajstić information content (AvgIpc) is 2.39. The summed E-state index contributed by atoms with van der Waals surface area (Å²) in [4.78, 5) is 0. The summed E-state index contributed by atoms with van der Waals surface area (Å²) < 4.78 is 6.30. The van der Waals surface area contributed by atoms with Crippen molar-refractivity contribution < 1.29 is 4.74 Å². The van der Waals surface area contributed by atoms with Crippen LogP contribution in [0.1, 0.15) is 37.7 Å². The van der Waals surface area contributed by atoms with Gasteiger partial charge in [-0.3, -0.25) is 0 Å². The molecule has 2 N–H and O–H groups in total. The minimum Gasteiger partial charge on any atom is -0.496 e. The Morgan fingerprint density at radius 3 is 2.53 bits per heavy atom. The van der Waals surface area contributed by atoms with Crippen molar-refractivity contribution in [3.63, 3.8) is 0 Å². The molecule has 0 saturated heterocycles. The first-order chi connectivity index (χ1) is 8.22. The van der Waals surface area contributed by atoms with E-state index in [9.17, 15) is 0 Å². The fourth-order valence-corrected chi connectivity index (χ4v) is 3.38. The largest absolute Gasteiger partial charge is 0.496 e. The first-order valence-corrected chi connectivity index (χ1v) is 7.05. The molecule has 0 spiro atoms. The quantitative estimate of drug-likeness (QED) is 0.925. The Bertz CT molecular complexity index is 386. The molecule has 2 nitrogen and oxygen atoms in total. The second-order valence-corrected chi connectivity index (χ2v) is 5.75. The number of hydrogen-bond acceptors (Lipinski definition) is 2.